The van der Waals surface area contributed by atoms with Gasteiger partial charge in [-0.1, -0.05) is 75.5 Å². The van der Waals surface area contributed by atoms with Crippen LogP contribution in [-0.2, 0) is 32.6 Å². The molecular weight excluding hydrogens is 713 g/mol. The van der Waals surface area contributed by atoms with Crippen molar-refractivity contribution in [2.75, 3.05) is 24.0 Å². The normalized spacial score (nSPS) is 11.8. The SMILES string of the molecule is CCNC(=O)C(Cc1ccccc1)N(Cc1c(Cl)cccc1Cl)C(=O)CN(c1ccc(OCC)cc1)S(=O)(=O)c1ccc(Br)cc1. The van der Waals surface area contributed by atoms with Crippen LogP contribution in [0.4, 0.5) is 5.69 Å². The van der Waals surface area contributed by atoms with E-state index in [0.29, 0.717) is 39.0 Å². The first-order valence-corrected chi connectivity index (χ1v) is 17.6. The molecule has 2 amide bonds. The van der Waals surface area contributed by atoms with E-state index in [-0.39, 0.29) is 23.5 Å². The van der Waals surface area contributed by atoms with Crippen LogP contribution in [-0.4, -0.2) is 50.9 Å². The van der Waals surface area contributed by atoms with Crippen LogP contribution in [0.15, 0.2) is 106 Å². The first-order chi connectivity index (χ1) is 22.0. The van der Waals surface area contributed by atoms with E-state index in [0.717, 1.165) is 9.87 Å². The third kappa shape index (κ3) is 8.82. The molecule has 46 heavy (non-hydrogen) atoms. The molecule has 4 aromatic carbocycles. The number of ether oxygens (including phenoxy) is 1. The van der Waals surface area contributed by atoms with Crippen molar-refractivity contribution in [3.8, 4) is 5.75 Å². The molecule has 0 spiro atoms. The Bertz CT molecular complexity index is 1720. The highest BCUT2D eigenvalue weighted by Gasteiger charge is 2.35. The minimum absolute atomic E-state index is 0.0114. The molecule has 0 saturated heterocycles. The molecule has 1 unspecified atom stereocenters. The van der Waals surface area contributed by atoms with Gasteiger partial charge >= 0.3 is 0 Å². The molecule has 0 bridgehead atoms. The van der Waals surface area contributed by atoms with Crippen LogP contribution in [0.3, 0.4) is 0 Å². The molecule has 0 saturated carbocycles. The number of hydrogen-bond donors (Lipinski definition) is 1. The van der Waals surface area contributed by atoms with Gasteiger partial charge in [0.2, 0.25) is 11.8 Å². The molecule has 0 aliphatic rings. The third-order valence-electron chi connectivity index (χ3n) is 7.13. The van der Waals surface area contributed by atoms with E-state index in [1.54, 1.807) is 61.5 Å². The minimum Gasteiger partial charge on any atom is -0.494 e. The Morgan fingerprint density at radius 3 is 2.09 bits per heavy atom. The van der Waals surface area contributed by atoms with Crippen molar-refractivity contribution < 1.29 is 22.7 Å². The fourth-order valence-electron chi connectivity index (χ4n) is 4.84. The maximum absolute atomic E-state index is 14.5. The molecular formula is C34H34BrCl2N3O5S. The number of amides is 2. The first kappa shape index (κ1) is 35.3. The monoisotopic (exact) mass is 745 g/mol. The zero-order valence-corrected chi connectivity index (χ0v) is 29.2. The summed E-state index contributed by atoms with van der Waals surface area (Å²) in [5.74, 6) is -0.475. The molecule has 0 radical (unpaired) electrons. The number of rotatable bonds is 14. The zero-order chi connectivity index (χ0) is 33.3. The topological polar surface area (TPSA) is 96.0 Å². The molecule has 0 aliphatic heterocycles. The number of halogens is 3. The van der Waals surface area contributed by atoms with Crippen LogP contribution in [0.5, 0.6) is 5.75 Å². The number of nitrogens with one attached hydrogen (secondary N) is 1. The summed E-state index contributed by atoms with van der Waals surface area (Å²) in [7, 11) is -4.26. The van der Waals surface area contributed by atoms with Crippen LogP contribution in [0.25, 0.3) is 0 Å². The lowest BCUT2D eigenvalue weighted by Gasteiger charge is -2.34. The fraction of sp³-hybridized carbons (Fsp3) is 0.235. The largest absolute Gasteiger partial charge is 0.494 e. The Morgan fingerprint density at radius 2 is 1.50 bits per heavy atom. The summed E-state index contributed by atoms with van der Waals surface area (Å²) < 4.78 is 35.6. The molecule has 8 nitrogen and oxygen atoms in total. The average Bonchev–Trinajstić information content (AvgIpc) is 3.04. The van der Waals surface area contributed by atoms with Crippen LogP contribution in [0.1, 0.15) is 25.0 Å². The Balaban J connectivity index is 1.82. The van der Waals surface area contributed by atoms with E-state index < -0.39 is 34.4 Å². The lowest BCUT2D eigenvalue weighted by atomic mass is 10.0. The number of benzene rings is 4. The number of hydrogen-bond acceptors (Lipinski definition) is 5. The summed E-state index contributed by atoms with van der Waals surface area (Å²) in [6.07, 6.45) is 0.170. The van der Waals surface area contributed by atoms with Crippen LogP contribution in [0.2, 0.25) is 10.0 Å². The van der Waals surface area contributed by atoms with E-state index in [4.69, 9.17) is 27.9 Å². The van der Waals surface area contributed by atoms with Crippen LogP contribution < -0.4 is 14.4 Å². The van der Waals surface area contributed by atoms with Crippen molar-refractivity contribution in [2.45, 2.75) is 37.8 Å². The van der Waals surface area contributed by atoms with Gasteiger partial charge in [0, 0.05) is 39.6 Å². The summed E-state index contributed by atoms with van der Waals surface area (Å²) in [4.78, 5) is 29.5. The summed E-state index contributed by atoms with van der Waals surface area (Å²) in [6.45, 7) is 3.64. The second kappa shape index (κ2) is 16.3. The first-order valence-electron chi connectivity index (χ1n) is 14.6. The van der Waals surface area contributed by atoms with Crippen molar-refractivity contribution in [1.29, 1.82) is 0 Å². The average molecular weight is 748 g/mol. The molecule has 0 aliphatic carbocycles. The van der Waals surface area contributed by atoms with E-state index in [1.807, 2.05) is 37.3 Å². The van der Waals surface area contributed by atoms with Crippen molar-refractivity contribution >= 4 is 66.7 Å². The van der Waals surface area contributed by atoms with Crippen LogP contribution in [0, 0.1) is 0 Å². The maximum atomic E-state index is 14.5. The molecule has 12 heteroatoms. The highest BCUT2D eigenvalue weighted by molar-refractivity contribution is 9.10. The molecule has 242 valence electrons. The van der Waals surface area contributed by atoms with Gasteiger partial charge in [-0.15, -0.1) is 0 Å². The summed E-state index contributed by atoms with van der Waals surface area (Å²) >= 11 is 16.4. The zero-order valence-electron chi connectivity index (χ0n) is 25.3. The Hall–Kier alpha value is -3.57. The second-order valence-electron chi connectivity index (χ2n) is 10.2. The number of nitrogens with zero attached hydrogens (tertiary/aromatic N) is 2. The summed E-state index contributed by atoms with van der Waals surface area (Å²) in [6, 6.07) is 25.8. The summed E-state index contributed by atoms with van der Waals surface area (Å²) in [5.41, 5.74) is 1.49. The van der Waals surface area contributed by atoms with Gasteiger partial charge in [0.15, 0.2) is 0 Å². The number of likely N-dealkylation sites (N-methyl/N-ethyl adjacent to an activating group) is 1. The highest BCUT2D eigenvalue weighted by atomic mass is 79.9. The van der Waals surface area contributed by atoms with Gasteiger partial charge in [-0.2, -0.15) is 0 Å². The van der Waals surface area contributed by atoms with Gasteiger partial charge in [0.1, 0.15) is 18.3 Å². The lowest BCUT2D eigenvalue weighted by Crippen LogP contribution is -2.53. The van der Waals surface area contributed by atoms with Gasteiger partial charge in [-0.3, -0.25) is 13.9 Å². The van der Waals surface area contributed by atoms with Gasteiger partial charge in [0.05, 0.1) is 17.2 Å². The standard InChI is InChI=1S/C34H34BrCl2N3O5S/c1-3-38-34(42)32(21-24-9-6-5-7-10-24)39(22-29-30(36)11-8-12-31(29)37)33(41)23-40(26-15-17-27(18-16-26)45-4-2)46(43,44)28-19-13-25(35)14-20-28/h5-20,32H,3-4,21-23H2,1-2H3,(H,38,42). The third-order valence-corrected chi connectivity index (χ3v) is 10.2. The van der Waals surface area contributed by atoms with E-state index in [1.165, 1.54) is 17.0 Å². The molecule has 4 rings (SSSR count). The van der Waals surface area contributed by atoms with E-state index >= 15 is 0 Å². The molecule has 0 heterocycles. The smallest absolute Gasteiger partial charge is 0.264 e. The van der Waals surface area contributed by atoms with Gasteiger partial charge in [-0.25, -0.2) is 8.42 Å². The fourth-order valence-corrected chi connectivity index (χ4v) is 7.03. The minimum atomic E-state index is -4.26. The Labute approximate surface area is 288 Å². The predicted octanol–water partition coefficient (Wildman–Crippen LogP) is 7.13. The van der Waals surface area contributed by atoms with Crippen molar-refractivity contribution in [3.05, 3.63) is 123 Å². The Kier molecular flexibility index (Phi) is 12.5. The Morgan fingerprint density at radius 1 is 0.870 bits per heavy atom. The maximum Gasteiger partial charge on any atom is 0.264 e. The van der Waals surface area contributed by atoms with Crippen LogP contribution >= 0.6 is 39.1 Å². The summed E-state index contributed by atoms with van der Waals surface area (Å²) in [5, 5.41) is 3.45. The number of anilines is 1. The lowest BCUT2D eigenvalue weighted by molar-refractivity contribution is -0.140. The molecule has 0 aromatic heterocycles. The quantitative estimate of drug-likeness (QED) is 0.148. The second-order valence-corrected chi connectivity index (χ2v) is 13.8. The van der Waals surface area contributed by atoms with E-state index in [9.17, 15) is 18.0 Å². The van der Waals surface area contributed by atoms with Crippen molar-refractivity contribution in [3.63, 3.8) is 0 Å². The molecule has 1 atom stereocenters. The van der Waals surface area contributed by atoms with Gasteiger partial charge in [0.25, 0.3) is 10.0 Å². The van der Waals surface area contributed by atoms with Crippen molar-refractivity contribution in [1.82, 2.24) is 10.2 Å². The number of sulfonamides is 1. The predicted molar refractivity (Wildman–Crippen MR) is 186 cm³/mol. The van der Waals surface area contributed by atoms with E-state index in [2.05, 4.69) is 21.2 Å². The van der Waals surface area contributed by atoms with Gasteiger partial charge in [-0.05, 0) is 80.1 Å². The highest BCUT2D eigenvalue weighted by Crippen LogP contribution is 2.30. The number of carbonyl (C=O) groups is 2. The van der Waals surface area contributed by atoms with Crippen molar-refractivity contribution in [2.24, 2.45) is 0 Å². The molecule has 4 aromatic rings. The number of carbonyl (C=O) groups excluding carboxylic acids is 2. The van der Waals surface area contributed by atoms with Gasteiger partial charge < -0.3 is 15.0 Å². The molecule has 1 N–H and O–H groups in total. The molecule has 0 fully saturated rings.